The summed E-state index contributed by atoms with van der Waals surface area (Å²) in [6.07, 6.45) is 1.69. The number of esters is 3. The second-order valence-electron chi connectivity index (χ2n) is 9.01. The van der Waals surface area contributed by atoms with Crippen LogP contribution in [0.3, 0.4) is 0 Å². The number of carbonyl (C=O) groups excluding carboxylic acids is 3. The van der Waals surface area contributed by atoms with Crippen molar-refractivity contribution in [1.82, 2.24) is 4.90 Å². The molecule has 2 aromatic carbocycles. The molecule has 0 amide bonds. The lowest BCUT2D eigenvalue weighted by Crippen LogP contribution is -2.63. The highest BCUT2D eigenvalue weighted by molar-refractivity contribution is 5.90. The van der Waals surface area contributed by atoms with Gasteiger partial charge >= 0.3 is 23.8 Å². The minimum absolute atomic E-state index is 0.293. The molecule has 0 bridgehead atoms. The molecule has 1 saturated heterocycles. The molecule has 35 heavy (non-hydrogen) atoms. The van der Waals surface area contributed by atoms with Gasteiger partial charge in [-0.1, -0.05) is 0 Å². The Balaban J connectivity index is 2.02. The molecule has 2 aromatic rings. The van der Waals surface area contributed by atoms with Gasteiger partial charge in [0.15, 0.2) is 0 Å². The van der Waals surface area contributed by atoms with Crippen molar-refractivity contribution in [2.75, 3.05) is 27.3 Å². The van der Waals surface area contributed by atoms with Gasteiger partial charge in [-0.15, -0.1) is 0 Å². The van der Waals surface area contributed by atoms with Gasteiger partial charge in [-0.3, -0.25) is 0 Å². The molecule has 3 rings (SSSR count). The van der Waals surface area contributed by atoms with Crippen molar-refractivity contribution in [2.45, 2.75) is 45.1 Å². The van der Waals surface area contributed by atoms with Crippen LogP contribution in [0.15, 0.2) is 48.5 Å². The molecule has 0 atom stereocenters. The van der Waals surface area contributed by atoms with Gasteiger partial charge in [-0.25, -0.2) is 19.3 Å². The Morgan fingerprint density at radius 1 is 0.714 bits per heavy atom. The fraction of sp³-hybridized carbons (Fsp3) is 0.423. The Morgan fingerprint density at radius 2 is 1.11 bits per heavy atom. The maximum Gasteiger partial charge on any atom is 0.420 e. The number of likely N-dealkylation sites (tertiary alicyclic amines) is 1. The van der Waals surface area contributed by atoms with Gasteiger partial charge in [0.1, 0.15) is 17.1 Å². The molecule has 0 N–H and O–H groups in total. The summed E-state index contributed by atoms with van der Waals surface area (Å²) in [5, 5.41) is 0. The van der Waals surface area contributed by atoms with Crippen molar-refractivity contribution in [2.24, 2.45) is 0 Å². The maximum atomic E-state index is 13.7. The van der Waals surface area contributed by atoms with Crippen molar-refractivity contribution < 1.29 is 38.1 Å². The molecule has 1 heterocycles. The summed E-state index contributed by atoms with van der Waals surface area (Å²) in [6, 6.07) is 12.4. The van der Waals surface area contributed by atoms with Crippen LogP contribution in [0.25, 0.3) is 0 Å². The molecule has 0 radical (unpaired) electrons. The molecular weight excluding hydrogens is 454 g/mol. The van der Waals surface area contributed by atoms with Crippen LogP contribution >= 0.6 is 0 Å². The van der Waals surface area contributed by atoms with E-state index in [-0.39, 0.29) is 0 Å². The molecule has 0 aliphatic carbocycles. The zero-order valence-corrected chi connectivity index (χ0v) is 20.7. The third-order valence-corrected chi connectivity index (χ3v) is 5.24. The maximum absolute atomic E-state index is 13.7. The van der Waals surface area contributed by atoms with Crippen molar-refractivity contribution in [3.63, 3.8) is 0 Å². The smallest absolute Gasteiger partial charge is 0.420 e. The summed E-state index contributed by atoms with van der Waals surface area (Å²) in [6.45, 7) is 6.36. The Labute approximate surface area is 204 Å². The SMILES string of the molecule is COC(=O)c1ccc(OC(Oc2ccc(C(=O)OC)cc2)(C(=O)OC(C)(C)C)N2CCCC2)cc1. The van der Waals surface area contributed by atoms with Crippen LogP contribution in [0.1, 0.15) is 54.3 Å². The van der Waals surface area contributed by atoms with E-state index in [9.17, 15) is 14.4 Å². The predicted octanol–water partition coefficient (Wildman–Crippen LogP) is 3.81. The van der Waals surface area contributed by atoms with E-state index in [4.69, 9.17) is 23.7 Å². The molecule has 9 heteroatoms. The lowest BCUT2D eigenvalue weighted by Gasteiger charge is -2.39. The van der Waals surface area contributed by atoms with Gasteiger partial charge in [0.2, 0.25) is 0 Å². The molecule has 9 nitrogen and oxygen atoms in total. The number of ether oxygens (including phenoxy) is 5. The topological polar surface area (TPSA) is 101 Å². The first-order valence-electron chi connectivity index (χ1n) is 11.3. The Kier molecular flexibility index (Phi) is 8.01. The molecule has 0 spiro atoms. The van der Waals surface area contributed by atoms with E-state index in [1.807, 2.05) is 0 Å². The third-order valence-electron chi connectivity index (χ3n) is 5.24. The normalized spacial score (nSPS) is 14.2. The van der Waals surface area contributed by atoms with E-state index in [1.165, 1.54) is 38.5 Å². The average Bonchev–Trinajstić information content (AvgIpc) is 3.38. The average molecular weight is 486 g/mol. The van der Waals surface area contributed by atoms with Gasteiger partial charge in [0.05, 0.1) is 25.3 Å². The Hall–Kier alpha value is -3.59. The molecule has 0 saturated carbocycles. The Morgan fingerprint density at radius 3 is 1.46 bits per heavy atom. The standard InChI is InChI=1S/C26H31NO8/c1-25(2,3)35-24(30)26(27-16-6-7-17-27,33-20-12-8-18(9-13-20)22(28)31-4)34-21-14-10-19(11-15-21)23(29)32-5/h8-15H,6-7,16-17H2,1-5H3. The van der Waals surface area contributed by atoms with Gasteiger partial charge in [0.25, 0.3) is 0 Å². The number of nitrogens with zero attached hydrogens (tertiary/aromatic N) is 1. The van der Waals surface area contributed by atoms with Gasteiger partial charge in [0, 0.05) is 13.1 Å². The van der Waals surface area contributed by atoms with Gasteiger partial charge < -0.3 is 23.7 Å². The molecular formula is C26H31NO8. The van der Waals surface area contributed by atoms with E-state index >= 15 is 0 Å². The summed E-state index contributed by atoms with van der Waals surface area (Å²) in [4.78, 5) is 39.1. The number of methoxy groups -OCH3 is 2. The molecule has 188 valence electrons. The van der Waals surface area contributed by atoms with E-state index in [0.29, 0.717) is 35.7 Å². The van der Waals surface area contributed by atoms with Crippen LogP contribution in [0.5, 0.6) is 11.5 Å². The first-order chi connectivity index (χ1) is 16.6. The van der Waals surface area contributed by atoms with Crippen molar-refractivity contribution in [3.05, 3.63) is 59.7 Å². The third kappa shape index (κ3) is 6.30. The predicted molar refractivity (Wildman–Crippen MR) is 126 cm³/mol. The number of hydrogen-bond acceptors (Lipinski definition) is 9. The fourth-order valence-corrected chi connectivity index (χ4v) is 3.59. The van der Waals surface area contributed by atoms with E-state index in [1.54, 1.807) is 49.9 Å². The zero-order valence-electron chi connectivity index (χ0n) is 20.7. The number of hydrogen-bond donors (Lipinski definition) is 0. The number of rotatable bonds is 8. The summed E-state index contributed by atoms with van der Waals surface area (Å²) < 4.78 is 27.7. The van der Waals surface area contributed by atoms with E-state index in [0.717, 1.165) is 12.8 Å². The van der Waals surface area contributed by atoms with Crippen LogP contribution < -0.4 is 9.47 Å². The van der Waals surface area contributed by atoms with Crippen LogP contribution in [0, 0.1) is 0 Å². The van der Waals surface area contributed by atoms with Gasteiger partial charge in [-0.05, 0) is 82.1 Å². The van der Waals surface area contributed by atoms with Crippen LogP contribution in [-0.2, 0) is 19.0 Å². The summed E-state index contributed by atoms with van der Waals surface area (Å²) >= 11 is 0. The number of benzene rings is 2. The first-order valence-corrected chi connectivity index (χ1v) is 11.3. The summed E-state index contributed by atoms with van der Waals surface area (Å²) in [5.74, 6) is -3.05. The molecule has 1 aliphatic heterocycles. The van der Waals surface area contributed by atoms with Crippen molar-refractivity contribution in [1.29, 1.82) is 0 Å². The minimum atomic E-state index is -1.94. The van der Waals surface area contributed by atoms with Crippen LogP contribution in [-0.4, -0.2) is 61.6 Å². The summed E-state index contributed by atoms with van der Waals surface area (Å²) in [7, 11) is 2.60. The highest BCUT2D eigenvalue weighted by Gasteiger charge is 2.54. The highest BCUT2D eigenvalue weighted by Crippen LogP contribution is 2.32. The van der Waals surface area contributed by atoms with Crippen molar-refractivity contribution >= 4 is 17.9 Å². The monoisotopic (exact) mass is 485 g/mol. The lowest BCUT2D eigenvalue weighted by molar-refractivity contribution is -0.245. The first kappa shape index (κ1) is 26.0. The van der Waals surface area contributed by atoms with Gasteiger partial charge in [-0.2, -0.15) is 0 Å². The van der Waals surface area contributed by atoms with E-state index in [2.05, 4.69) is 0 Å². The van der Waals surface area contributed by atoms with E-state index < -0.39 is 29.4 Å². The van der Waals surface area contributed by atoms with Crippen molar-refractivity contribution in [3.8, 4) is 11.5 Å². The molecule has 1 aliphatic rings. The zero-order chi connectivity index (χ0) is 25.6. The second-order valence-corrected chi connectivity index (χ2v) is 9.01. The minimum Gasteiger partial charge on any atom is -0.465 e. The second kappa shape index (κ2) is 10.8. The molecule has 1 fully saturated rings. The lowest BCUT2D eigenvalue weighted by atomic mass is 10.2. The number of carbonyl (C=O) groups is 3. The Bertz CT molecular complexity index is 973. The van der Waals surface area contributed by atoms with Crippen LogP contribution in [0.4, 0.5) is 0 Å². The fourth-order valence-electron chi connectivity index (χ4n) is 3.59. The van der Waals surface area contributed by atoms with Crippen LogP contribution in [0.2, 0.25) is 0 Å². The largest absolute Gasteiger partial charge is 0.465 e. The quantitative estimate of drug-likeness (QED) is 0.314. The summed E-state index contributed by atoms with van der Waals surface area (Å²) in [5.41, 5.74) is -0.135. The highest BCUT2D eigenvalue weighted by atomic mass is 16.8. The molecule has 0 aromatic heterocycles. The molecule has 0 unspecified atom stereocenters.